The van der Waals surface area contributed by atoms with Crippen LogP contribution in [0, 0.1) is 11.8 Å². The number of methoxy groups -OCH3 is 2. The Morgan fingerprint density at radius 3 is 2.42 bits per heavy atom. The summed E-state index contributed by atoms with van der Waals surface area (Å²) in [6, 6.07) is 0. The molecule has 4 N–H and O–H groups in total. The fourth-order valence-corrected chi connectivity index (χ4v) is 3.31. The van der Waals surface area contributed by atoms with Gasteiger partial charge in [0.25, 0.3) is 0 Å². The lowest BCUT2D eigenvalue weighted by Crippen LogP contribution is -2.60. The molecule has 0 aliphatic carbocycles. The van der Waals surface area contributed by atoms with Gasteiger partial charge in [0.15, 0.2) is 6.29 Å². The molecule has 0 aromatic heterocycles. The zero-order valence-corrected chi connectivity index (χ0v) is 17.2. The van der Waals surface area contributed by atoms with E-state index >= 15 is 0 Å². The number of esters is 2. The average molecular weight is 444 g/mol. The molecule has 0 radical (unpaired) electrons. The molecule has 8 atom stereocenters. The van der Waals surface area contributed by atoms with E-state index in [9.17, 15) is 30.0 Å². The van der Waals surface area contributed by atoms with Crippen LogP contribution in [0.2, 0.25) is 0 Å². The SMILES string of the molecule is C=C[C@H]1[C@H](O[C@@H]2O[C@H](CO)[C@@H](O)[C@H](O)[C@H]2O)OC=C(C(=O)OC)[C@H]1/C=C\CC(=O)OC. The van der Waals surface area contributed by atoms with Crippen LogP contribution in [0.5, 0.6) is 0 Å². The number of aliphatic hydroxyl groups is 4. The van der Waals surface area contributed by atoms with Crippen molar-refractivity contribution in [2.75, 3.05) is 20.8 Å². The molecule has 2 heterocycles. The lowest BCUT2D eigenvalue weighted by atomic mass is 9.83. The minimum atomic E-state index is -1.63. The Hall–Kier alpha value is -2.28. The second kappa shape index (κ2) is 11.4. The first-order chi connectivity index (χ1) is 14.8. The molecule has 1 fully saturated rings. The number of allylic oxidation sites excluding steroid dienone is 1. The first kappa shape index (κ1) is 25.0. The predicted molar refractivity (Wildman–Crippen MR) is 103 cm³/mol. The van der Waals surface area contributed by atoms with Crippen molar-refractivity contribution in [3.05, 3.63) is 36.6 Å². The Kier molecular flexibility index (Phi) is 9.16. The number of carbonyl (C=O) groups is 2. The molecule has 0 unspecified atom stereocenters. The van der Waals surface area contributed by atoms with E-state index in [0.717, 1.165) is 6.26 Å². The quantitative estimate of drug-likeness (QED) is 0.262. The lowest BCUT2D eigenvalue weighted by molar-refractivity contribution is -0.338. The molecule has 2 aliphatic rings. The molecule has 0 spiro atoms. The Bertz CT molecular complexity index is 701. The normalized spacial score (nSPS) is 35.7. The summed E-state index contributed by atoms with van der Waals surface area (Å²) in [6.45, 7) is 3.12. The van der Waals surface area contributed by atoms with Gasteiger partial charge in [-0.15, -0.1) is 6.58 Å². The van der Waals surface area contributed by atoms with E-state index in [1.165, 1.54) is 26.4 Å². The van der Waals surface area contributed by atoms with Gasteiger partial charge in [-0.2, -0.15) is 0 Å². The summed E-state index contributed by atoms with van der Waals surface area (Å²) >= 11 is 0. The van der Waals surface area contributed by atoms with Gasteiger partial charge in [0, 0.05) is 5.92 Å². The number of carbonyl (C=O) groups excluding carboxylic acids is 2. The zero-order chi connectivity index (χ0) is 23.1. The van der Waals surface area contributed by atoms with Crippen molar-refractivity contribution >= 4 is 11.9 Å². The van der Waals surface area contributed by atoms with Gasteiger partial charge in [-0.25, -0.2) is 4.79 Å². The Labute approximate surface area is 179 Å². The minimum Gasteiger partial charge on any atom is -0.471 e. The van der Waals surface area contributed by atoms with E-state index < -0.39 is 67.4 Å². The van der Waals surface area contributed by atoms with Crippen LogP contribution in [-0.2, 0) is 33.3 Å². The number of aliphatic hydroxyl groups excluding tert-OH is 4. The van der Waals surface area contributed by atoms with Crippen molar-refractivity contribution in [1.29, 1.82) is 0 Å². The van der Waals surface area contributed by atoms with E-state index in [1.807, 2.05) is 0 Å². The topological polar surface area (TPSA) is 161 Å². The third-order valence-electron chi connectivity index (χ3n) is 5.08. The van der Waals surface area contributed by atoms with Crippen molar-refractivity contribution in [2.45, 2.75) is 43.4 Å². The highest BCUT2D eigenvalue weighted by molar-refractivity contribution is 5.89. The molecule has 0 amide bonds. The number of ether oxygens (including phenoxy) is 5. The van der Waals surface area contributed by atoms with Crippen molar-refractivity contribution in [2.24, 2.45) is 11.8 Å². The molecular formula is C20H28O11. The van der Waals surface area contributed by atoms with Gasteiger partial charge in [-0.1, -0.05) is 18.2 Å². The van der Waals surface area contributed by atoms with E-state index in [1.54, 1.807) is 6.08 Å². The molecule has 11 heteroatoms. The summed E-state index contributed by atoms with van der Waals surface area (Å²) < 4.78 is 25.9. The standard InChI is InChI=1S/C20H28O11/c1-4-10-11(6-5-7-14(22)27-2)12(18(26)28-3)9-29-19(10)31-20-17(25)16(24)15(23)13(8-21)30-20/h4-6,9-11,13,15-17,19-21,23-25H,1,7-8H2,2-3H3/b6-5-/t10-,11+,13-,15-,16+,17-,19+,20+/m1/s1. The zero-order valence-electron chi connectivity index (χ0n) is 17.2. The van der Waals surface area contributed by atoms with Crippen LogP contribution in [0.25, 0.3) is 0 Å². The molecule has 2 rings (SSSR count). The van der Waals surface area contributed by atoms with Crippen molar-refractivity contribution in [3.63, 3.8) is 0 Å². The molecule has 2 aliphatic heterocycles. The highest BCUT2D eigenvalue weighted by atomic mass is 16.8. The minimum absolute atomic E-state index is 0.0373. The molecule has 0 bridgehead atoms. The van der Waals surface area contributed by atoms with Gasteiger partial charge in [0.05, 0.1) is 45.0 Å². The van der Waals surface area contributed by atoms with Crippen molar-refractivity contribution < 1.29 is 53.7 Å². The summed E-state index contributed by atoms with van der Waals surface area (Å²) in [7, 11) is 2.46. The Morgan fingerprint density at radius 1 is 1.13 bits per heavy atom. The van der Waals surface area contributed by atoms with Crippen LogP contribution in [0.4, 0.5) is 0 Å². The molecular weight excluding hydrogens is 416 g/mol. The van der Waals surface area contributed by atoms with Gasteiger partial charge in [-0.3, -0.25) is 4.79 Å². The first-order valence-corrected chi connectivity index (χ1v) is 9.54. The predicted octanol–water partition coefficient (Wildman–Crippen LogP) is -1.25. The molecule has 0 saturated carbocycles. The molecule has 1 saturated heterocycles. The third kappa shape index (κ3) is 5.70. The smallest absolute Gasteiger partial charge is 0.337 e. The monoisotopic (exact) mass is 444 g/mol. The first-order valence-electron chi connectivity index (χ1n) is 9.54. The molecule has 0 aromatic rings. The van der Waals surface area contributed by atoms with E-state index in [2.05, 4.69) is 11.3 Å². The summed E-state index contributed by atoms with van der Waals surface area (Å²) in [6.07, 6.45) is -2.89. The van der Waals surface area contributed by atoms with Crippen LogP contribution < -0.4 is 0 Å². The van der Waals surface area contributed by atoms with Crippen LogP contribution in [0.15, 0.2) is 36.6 Å². The fraction of sp³-hybridized carbons (Fsp3) is 0.600. The van der Waals surface area contributed by atoms with Gasteiger partial charge in [0.1, 0.15) is 24.4 Å². The van der Waals surface area contributed by atoms with Crippen LogP contribution in [-0.4, -0.2) is 90.2 Å². The van der Waals surface area contributed by atoms with E-state index in [4.69, 9.17) is 18.9 Å². The van der Waals surface area contributed by atoms with Gasteiger partial charge in [0.2, 0.25) is 6.29 Å². The Morgan fingerprint density at radius 2 is 1.84 bits per heavy atom. The molecule has 174 valence electrons. The number of hydrogen-bond donors (Lipinski definition) is 4. The Balaban J connectivity index is 2.25. The largest absolute Gasteiger partial charge is 0.471 e. The molecule has 31 heavy (non-hydrogen) atoms. The van der Waals surface area contributed by atoms with Gasteiger partial charge < -0.3 is 44.1 Å². The van der Waals surface area contributed by atoms with Gasteiger partial charge >= 0.3 is 11.9 Å². The maximum absolute atomic E-state index is 12.2. The fourth-order valence-electron chi connectivity index (χ4n) is 3.31. The average Bonchev–Trinajstić information content (AvgIpc) is 2.78. The van der Waals surface area contributed by atoms with Crippen molar-refractivity contribution in [3.8, 4) is 0 Å². The lowest BCUT2D eigenvalue weighted by Gasteiger charge is -2.42. The highest BCUT2D eigenvalue weighted by Gasteiger charge is 2.47. The second-order valence-electron chi connectivity index (χ2n) is 6.95. The van der Waals surface area contributed by atoms with Crippen LogP contribution in [0.1, 0.15) is 6.42 Å². The molecule has 11 nitrogen and oxygen atoms in total. The summed E-state index contributed by atoms with van der Waals surface area (Å²) in [4.78, 5) is 23.6. The summed E-state index contributed by atoms with van der Waals surface area (Å²) in [5, 5.41) is 39.4. The maximum atomic E-state index is 12.2. The summed E-state index contributed by atoms with van der Waals surface area (Å²) in [5.74, 6) is -2.50. The van der Waals surface area contributed by atoms with Crippen molar-refractivity contribution in [1.82, 2.24) is 0 Å². The number of hydrogen-bond acceptors (Lipinski definition) is 11. The number of rotatable bonds is 8. The second-order valence-corrected chi connectivity index (χ2v) is 6.95. The van der Waals surface area contributed by atoms with E-state index in [-0.39, 0.29) is 12.0 Å². The van der Waals surface area contributed by atoms with E-state index in [0.29, 0.717) is 0 Å². The highest BCUT2D eigenvalue weighted by Crippen LogP contribution is 2.36. The van der Waals surface area contributed by atoms with Gasteiger partial charge in [-0.05, 0) is 0 Å². The van der Waals surface area contributed by atoms with Crippen LogP contribution in [0.3, 0.4) is 0 Å². The van der Waals surface area contributed by atoms with Crippen LogP contribution >= 0.6 is 0 Å². The maximum Gasteiger partial charge on any atom is 0.337 e. The molecule has 0 aromatic carbocycles. The third-order valence-corrected chi connectivity index (χ3v) is 5.08. The summed E-state index contributed by atoms with van der Waals surface area (Å²) in [5.41, 5.74) is 0.141.